The van der Waals surface area contributed by atoms with Gasteiger partial charge in [0.05, 0.1) is 0 Å². The summed E-state index contributed by atoms with van der Waals surface area (Å²) < 4.78 is 0. The van der Waals surface area contributed by atoms with Crippen LogP contribution in [0, 0.1) is 0 Å². The molecular weight excluding hydrogens is 312 g/mol. The molecule has 0 spiro atoms. The molecule has 128 valence electrons. The van der Waals surface area contributed by atoms with E-state index in [-0.39, 0.29) is 17.4 Å². The molecule has 0 aromatic heterocycles. The van der Waals surface area contributed by atoms with Crippen LogP contribution < -0.4 is 5.32 Å². The van der Waals surface area contributed by atoms with E-state index in [1.165, 1.54) is 0 Å². The molecule has 1 atom stereocenters. The van der Waals surface area contributed by atoms with Crippen molar-refractivity contribution in [2.75, 3.05) is 0 Å². The lowest BCUT2D eigenvalue weighted by Crippen LogP contribution is -2.53. The van der Waals surface area contributed by atoms with Crippen LogP contribution in [0.4, 0.5) is 0 Å². The first-order chi connectivity index (χ1) is 10.7. The van der Waals surface area contributed by atoms with Crippen molar-refractivity contribution in [2.24, 2.45) is 0 Å². The van der Waals surface area contributed by atoms with Crippen molar-refractivity contribution in [3.63, 3.8) is 0 Å². The molecule has 0 bridgehead atoms. The minimum atomic E-state index is -0.502. The van der Waals surface area contributed by atoms with Gasteiger partial charge < -0.3 is 10.2 Å². The lowest BCUT2D eigenvalue weighted by molar-refractivity contribution is -0.141. The van der Waals surface area contributed by atoms with Crippen molar-refractivity contribution in [1.82, 2.24) is 10.2 Å². The number of halogens is 1. The van der Waals surface area contributed by atoms with E-state index < -0.39 is 6.04 Å². The average Bonchev–Trinajstić information content (AvgIpc) is 2.46. The predicted molar refractivity (Wildman–Crippen MR) is 94.3 cm³/mol. The number of hydrogen-bond donors (Lipinski definition) is 1. The smallest absolute Gasteiger partial charge is 0.243 e. The predicted octanol–water partition coefficient (Wildman–Crippen LogP) is 3.77. The lowest BCUT2D eigenvalue weighted by Gasteiger charge is -2.33. The van der Waals surface area contributed by atoms with Crippen LogP contribution in [0.1, 0.15) is 53.0 Å². The summed E-state index contributed by atoms with van der Waals surface area (Å²) in [6.45, 7) is 9.83. The minimum Gasteiger partial charge on any atom is -0.350 e. The van der Waals surface area contributed by atoms with Crippen LogP contribution in [-0.2, 0) is 16.1 Å². The molecule has 4 nitrogen and oxygen atoms in total. The summed E-state index contributed by atoms with van der Waals surface area (Å²) >= 11 is 6.21. The highest BCUT2D eigenvalue weighted by Crippen LogP contribution is 2.20. The average molecular weight is 339 g/mol. The third-order valence-corrected chi connectivity index (χ3v) is 3.85. The molecule has 0 unspecified atom stereocenters. The van der Waals surface area contributed by atoms with Gasteiger partial charge in [0.15, 0.2) is 0 Å². The monoisotopic (exact) mass is 338 g/mol. The van der Waals surface area contributed by atoms with Gasteiger partial charge >= 0.3 is 0 Å². The molecule has 1 rings (SSSR count). The van der Waals surface area contributed by atoms with E-state index in [9.17, 15) is 9.59 Å². The topological polar surface area (TPSA) is 49.4 Å². The first kappa shape index (κ1) is 19.5. The molecule has 0 radical (unpaired) electrons. The second-order valence-corrected chi connectivity index (χ2v) is 7.04. The fourth-order valence-electron chi connectivity index (χ4n) is 2.39. The molecule has 0 aliphatic carbocycles. The standard InChI is InChI=1S/C18H27ClN2O2/c1-6-15(17(23)20-18(3,4)5)21(16(22)7-2)12-13-10-8-9-11-14(13)19/h8-11,15H,6-7,12H2,1-5H3,(H,20,23)/t15-/m0/s1. The Bertz CT molecular complexity index is 552. The molecule has 0 saturated heterocycles. The van der Waals surface area contributed by atoms with E-state index >= 15 is 0 Å². The molecule has 0 aliphatic rings. The van der Waals surface area contributed by atoms with Crippen LogP contribution >= 0.6 is 11.6 Å². The maximum Gasteiger partial charge on any atom is 0.243 e. The second-order valence-electron chi connectivity index (χ2n) is 6.63. The van der Waals surface area contributed by atoms with Crippen molar-refractivity contribution in [3.05, 3.63) is 34.9 Å². The van der Waals surface area contributed by atoms with Gasteiger partial charge in [0.25, 0.3) is 0 Å². The van der Waals surface area contributed by atoms with E-state index in [1.54, 1.807) is 17.9 Å². The molecule has 5 heteroatoms. The maximum absolute atomic E-state index is 12.6. The van der Waals surface area contributed by atoms with Crippen molar-refractivity contribution in [1.29, 1.82) is 0 Å². The Morgan fingerprint density at radius 2 is 1.83 bits per heavy atom. The minimum absolute atomic E-state index is 0.0548. The number of hydrogen-bond acceptors (Lipinski definition) is 2. The fraction of sp³-hybridized carbons (Fsp3) is 0.556. The summed E-state index contributed by atoms with van der Waals surface area (Å²) in [4.78, 5) is 26.6. The van der Waals surface area contributed by atoms with Crippen LogP contribution in [-0.4, -0.2) is 28.3 Å². The molecule has 23 heavy (non-hydrogen) atoms. The van der Waals surface area contributed by atoms with Gasteiger partial charge in [-0.1, -0.05) is 43.6 Å². The Kier molecular flexibility index (Phi) is 7.07. The van der Waals surface area contributed by atoms with E-state index in [0.717, 1.165) is 5.56 Å². The molecule has 0 saturated carbocycles. The van der Waals surface area contributed by atoms with Gasteiger partial charge in [-0.25, -0.2) is 0 Å². The number of benzene rings is 1. The highest BCUT2D eigenvalue weighted by molar-refractivity contribution is 6.31. The van der Waals surface area contributed by atoms with E-state index in [2.05, 4.69) is 5.32 Å². The SMILES string of the molecule is CCC(=O)N(Cc1ccccc1Cl)[C@@H](CC)C(=O)NC(C)(C)C. The number of carbonyl (C=O) groups is 2. The zero-order valence-corrected chi connectivity index (χ0v) is 15.4. The summed E-state index contributed by atoms with van der Waals surface area (Å²) in [5.41, 5.74) is 0.508. The first-order valence-electron chi connectivity index (χ1n) is 8.04. The van der Waals surface area contributed by atoms with Gasteiger partial charge in [-0.2, -0.15) is 0 Å². The summed E-state index contributed by atoms with van der Waals surface area (Å²) in [5.74, 6) is -0.185. The zero-order chi connectivity index (χ0) is 17.6. The number of nitrogens with zero attached hydrogens (tertiary/aromatic N) is 1. The van der Waals surface area contributed by atoms with Gasteiger partial charge in [-0.05, 0) is 38.8 Å². The van der Waals surface area contributed by atoms with Gasteiger partial charge in [-0.3, -0.25) is 9.59 Å². The van der Waals surface area contributed by atoms with Gasteiger partial charge in [-0.15, -0.1) is 0 Å². The molecule has 0 heterocycles. The Hall–Kier alpha value is -1.55. The van der Waals surface area contributed by atoms with Crippen LogP contribution in [0.25, 0.3) is 0 Å². The van der Waals surface area contributed by atoms with E-state index in [0.29, 0.717) is 24.4 Å². The maximum atomic E-state index is 12.6. The number of carbonyl (C=O) groups excluding carboxylic acids is 2. The van der Waals surface area contributed by atoms with Crippen LogP contribution in [0.5, 0.6) is 0 Å². The third kappa shape index (κ3) is 5.87. The summed E-state index contributed by atoms with van der Waals surface area (Å²) in [6.07, 6.45) is 0.905. The van der Waals surface area contributed by atoms with Crippen LogP contribution in [0.3, 0.4) is 0 Å². The quantitative estimate of drug-likeness (QED) is 0.858. The number of rotatable bonds is 6. The van der Waals surface area contributed by atoms with E-state index in [4.69, 9.17) is 11.6 Å². The van der Waals surface area contributed by atoms with Gasteiger partial charge in [0.2, 0.25) is 11.8 Å². The molecular formula is C18H27ClN2O2. The van der Waals surface area contributed by atoms with Crippen molar-refractivity contribution < 1.29 is 9.59 Å². The highest BCUT2D eigenvalue weighted by Gasteiger charge is 2.30. The van der Waals surface area contributed by atoms with Gasteiger partial charge in [0.1, 0.15) is 6.04 Å². The molecule has 1 N–H and O–H groups in total. The summed E-state index contributed by atoms with van der Waals surface area (Å²) in [5, 5.41) is 3.57. The molecule has 1 aromatic carbocycles. The van der Waals surface area contributed by atoms with Crippen molar-refractivity contribution in [2.45, 2.75) is 65.6 Å². The number of amides is 2. The Morgan fingerprint density at radius 1 is 1.22 bits per heavy atom. The summed E-state index contributed by atoms with van der Waals surface area (Å²) in [6, 6.07) is 6.90. The first-order valence-corrected chi connectivity index (χ1v) is 8.42. The van der Waals surface area contributed by atoms with Crippen molar-refractivity contribution >= 4 is 23.4 Å². The fourth-order valence-corrected chi connectivity index (χ4v) is 2.58. The Balaban J connectivity index is 3.06. The largest absolute Gasteiger partial charge is 0.350 e. The normalized spacial score (nSPS) is 12.6. The molecule has 2 amide bonds. The second kappa shape index (κ2) is 8.34. The zero-order valence-electron chi connectivity index (χ0n) is 14.6. The number of nitrogens with one attached hydrogen (secondary N) is 1. The van der Waals surface area contributed by atoms with Crippen molar-refractivity contribution in [3.8, 4) is 0 Å². The van der Waals surface area contributed by atoms with Gasteiger partial charge in [0, 0.05) is 23.5 Å². The highest BCUT2D eigenvalue weighted by atomic mass is 35.5. The van der Waals surface area contributed by atoms with Crippen LogP contribution in [0.2, 0.25) is 5.02 Å². The molecule has 0 fully saturated rings. The summed E-state index contributed by atoms with van der Waals surface area (Å²) in [7, 11) is 0. The van der Waals surface area contributed by atoms with E-state index in [1.807, 2.05) is 45.9 Å². The lowest BCUT2D eigenvalue weighted by atomic mass is 10.1. The molecule has 1 aromatic rings. The Labute approximate surface area is 144 Å². The van der Waals surface area contributed by atoms with Crippen LogP contribution in [0.15, 0.2) is 24.3 Å². The third-order valence-electron chi connectivity index (χ3n) is 3.49. The molecule has 0 aliphatic heterocycles. The Morgan fingerprint density at radius 3 is 2.30 bits per heavy atom.